The maximum absolute atomic E-state index is 11.7. The van der Waals surface area contributed by atoms with Gasteiger partial charge in [0.25, 0.3) is 0 Å². The van der Waals surface area contributed by atoms with Gasteiger partial charge in [-0.15, -0.1) is 0 Å². The average molecular weight is 319 g/mol. The number of amides is 1. The smallest absolute Gasteiger partial charge is 0.407 e. The highest BCUT2D eigenvalue weighted by Gasteiger charge is 2.16. The Balaban J connectivity index is 1.82. The zero-order valence-electron chi connectivity index (χ0n) is 14.7. The van der Waals surface area contributed by atoms with Crippen LogP contribution in [0.15, 0.2) is 24.3 Å². The summed E-state index contributed by atoms with van der Waals surface area (Å²) in [7, 11) is 0. The van der Waals surface area contributed by atoms with Crippen LogP contribution in [0.3, 0.4) is 0 Å². The molecule has 1 unspecified atom stereocenters. The zero-order valence-corrected chi connectivity index (χ0v) is 14.7. The van der Waals surface area contributed by atoms with Gasteiger partial charge in [0, 0.05) is 37.1 Å². The second kappa shape index (κ2) is 7.57. The third-order valence-electron chi connectivity index (χ3n) is 3.68. The number of nitrogens with one attached hydrogen (secondary N) is 2. The van der Waals surface area contributed by atoms with Crippen molar-refractivity contribution in [3.63, 3.8) is 0 Å². The summed E-state index contributed by atoms with van der Waals surface area (Å²) in [6.45, 7) is 10.4. The summed E-state index contributed by atoms with van der Waals surface area (Å²) in [5, 5.41) is 6.22. The molecule has 0 saturated carbocycles. The number of carbonyl (C=O) groups is 1. The van der Waals surface area contributed by atoms with Crippen molar-refractivity contribution in [2.45, 2.75) is 52.2 Å². The number of benzene rings is 1. The number of rotatable bonds is 5. The van der Waals surface area contributed by atoms with Gasteiger partial charge < -0.3 is 20.3 Å². The van der Waals surface area contributed by atoms with E-state index in [1.54, 1.807) is 0 Å². The maximum Gasteiger partial charge on any atom is 0.407 e. The van der Waals surface area contributed by atoms with Crippen LogP contribution in [0.1, 0.15) is 40.5 Å². The van der Waals surface area contributed by atoms with Gasteiger partial charge >= 0.3 is 6.09 Å². The molecule has 0 aromatic heterocycles. The van der Waals surface area contributed by atoms with E-state index in [2.05, 4.69) is 39.8 Å². The lowest BCUT2D eigenvalue weighted by Crippen LogP contribution is -2.38. The Bertz CT molecular complexity index is 519. The minimum Gasteiger partial charge on any atom is -0.444 e. The van der Waals surface area contributed by atoms with Gasteiger partial charge in [-0.3, -0.25) is 0 Å². The van der Waals surface area contributed by atoms with Crippen LogP contribution in [0.2, 0.25) is 0 Å². The van der Waals surface area contributed by atoms with E-state index in [9.17, 15) is 4.79 Å². The number of hydrogen-bond donors (Lipinski definition) is 2. The number of alkyl carbamates (subject to hydrolysis) is 1. The second-order valence-corrected chi connectivity index (χ2v) is 7.17. The first-order chi connectivity index (χ1) is 10.8. The van der Waals surface area contributed by atoms with E-state index >= 15 is 0 Å². The van der Waals surface area contributed by atoms with Crippen LogP contribution in [0.25, 0.3) is 0 Å². The van der Waals surface area contributed by atoms with Crippen LogP contribution in [0.4, 0.5) is 16.2 Å². The number of nitrogens with zero attached hydrogens (tertiary/aromatic N) is 1. The van der Waals surface area contributed by atoms with Crippen molar-refractivity contribution < 1.29 is 9.53 Å². The summed E-state index contributed by atoms with van der Waals surface area (Å²) < 4.78 is 5.24. The Hall–Kier alpha value is -1.91. The standard InChI is InChI=1S/C18H29N3O2/c1-14(13-19-17(22)23-18(2,3)4)20-15-8-7-9-16(12-15)21-10-5-6-11-21/h7-9,12,14,20H,5-6,10-11,13H2,1-4H3,(H,19,22). The summed E-state index contributed by atoms with van der Waals surface area (Å²) in [6.07, 6.45) is 2.17. The molecular formula is C18H29N3O2. The first-order valence-corrected chi connectivity index (χ1v) is 8.42. The van der Waals surface area contributed by atoms with Gasteiger partial charge in [0.15, 0.2) is 0 Å². The van der Waals surface area contributed by atoms with Crippen molar-refractivity contribution in [3.05, 3.63) is 24.3 Å². The molecule has 5 nitrogen and oxygen atoms in total. The predicted octanol–water partition coefficient (Wildman–Crippen LogP) is 3.61. The average Bonchev–Trinajstić information content (AvgIpc) is 2.98. The molecule has 1 aromatic carbocycles. The first kappa shape index (κ1) is 17.4. The third-order valence-corrected chi connectivity index (χ3v) is 3.68. The minimum atomic E-state index is -0.467. The topological polar surface area (TPSA) is 53.6 Å². The van der Waals surface area contributed by atoms with E-state index in [0.717, 1.165) is 18.8 Å². The number of hydrogen-bond acceptors (Lipinski definition) is 4. The van der Waals surface area contributed by atoms with Crippen molar-refractivity contribution >= 4 is 17.5 Å². The lowest BCUT2D eigenvalue weighted by atomic mass is 10.2. The molecule has 0 radical (unpaired) electrons. The highest BCUT2D eigenvalue weighted by molar-refractivity contribution is 5.67. The molecular weight excluding hydrogens is 290 g/mol. The first-order valence-electron chi connectivity index (χ1n) is 8.42. The fourth-order valence-electron chi connectivity index (χ4n) is 2.65. The van der Waals surface area contributed by atoms with Crippen LogP contribution < -0.4 is 15.5 Å². The summed E-state index contributed by atoms with van der Waals surface area (Å²) in [5.41, 5.74) is 1.87. The fourth-order valence-corrected chi connectivity index (χ4v) is 2.65. The molecule has 0 aliphatic carbocycles. The molecule has 1 amide bonds. The fraction of sp³-hybridized carbons (Fsp3) is 0.611. The van der Waals surface area contributed by atoms with Gasteiger partial charge in [-0.1, -0.05) is 6.07 Å². The lowest BCUT2D eigenvalue weighted by molar-refractivity contribution is 0.0526. The summed E-state index contributed by atoms with van der Waals surface area (Å²) in [4.78, 5) is 14.1. The monoisotopic (exact) mass is 319 g/mol. The molecule has 128 valence electrons. The van der Waals surface area contributed by atoms with E-state index in [1.807, 2.05) is 27.7 Å². The number of carbonyl (C=O) groups excluding carboxylic acids is 1. The van der Waals surface area contributed by atoms with Crippen molar-refractivity contribution in [1.29, 1.82) is 0 Å². The Morgan fingerprint density at radius 1 is 1.30 bits per heavy atom. The summed E-state index contributed by atoms with van der Waals surface area (Å²) >= 11 is 0. The largest absolute Gasteiger partial charge is 0.444 e. The molecule has 2 N–H and O–H groups in total. The van der Waals surface area contributed by atoms with E-state index in [0.29, 0.717) is 6.54 Å². The van der Waals surface area contributed by atoms with Gasteiger partial charge in [0.2, 0.25) is 0 Å². The van der Waals surface area contributed by atoms with Gasteiger partial charge in [-0.25, -0.2) is 4.79 Å². The van der Waals surface area contributed by atoms with Crippen LogP contribution in [-0.4, -0.2) is 37.4 Å². The minimum absolute atomic E-state index is 0.122. The van der Waals surface area contributed by atoms with Gasteiger partial charge in [-0.05, 0) is 58.7 Å². The molecule has 0 bridgehead atoms. The van der Waals surface area contributed by atoms with E-state index < -0.39 is 5.60 Å². The molecule has 5 heteroatoms. The van der Waals surface area contributed by atoms with Crippen LogP contribution in [0, 0.1) is 0 Å². The van der Waals surface area contributed by atoms with Crippen molar-refractivity contribution in [2.24, 2.45) is 0 Å². The van der Waals surface area contributed by atoms with Crippen molar-refractivity contribution in [1.82, 2.24) is 5.32 Å². The maximum atomic E-state index is 11.7. The Morgan fingerprint density at radius 2 is 2.00 bits per heavy atom. The Kier molecular flexibility index (Phi) is 5.74. The summed E-state index contributed by atoms with van der Waals surface area (Å²) in [6, 6.07) is 8.58. The van der Waals surface area contributed by atoms with E-state index in [-0.39, 0.29) is 12.1 Å². The SMILES string of the molecule is CC(CNC(=O)OC(C)(C)C)Nc1cccc(N2CCCC2)c1. The number of ether oxygens (including phenoxy) is 1. The Labute approximate surface area is 139 Å². The second-order valence-electron chi connectivity index (χ2n) is 7.17. The van der Waals surface area contributed by atoms with Crippen LogP contribution >= 0.6 is 0 Å². The molecule has 1 fully saturated rings. The molecule has 23 heavy (non-hydrogen) atoms. The quantitative estimate of drug-likeness (QED) is 0.870. The Morgan fingerprint density at radius 3 is 2.65 bits per heavy atom. The molecule has 1 aromatic rings. The molecule has 1 aliphatic heterocycles. The van der Waals surface area contributed by atoms with Gasteiger partial charge in [-0.2, -0.15) is 0 Å². The lowest BCUT2D eigenvalue weighted by Gasteiger charge is -2.22. The predicted molar refractivity (Wildman–Crippen MR) is 95.2 cm³/mol. The molecule has 1 aliphatic rings. The highest BCUT2D eigenvalue weighted by atomic mass is 16.6. The van der Waals surface area contributed by atoms with E-state index in [4.69, 9.17) is 4.74 Å². The van der Waals surface area contributed by atoms with Crippen molar-refractivity contribution in [2.75, 3.05) is 29.9 Å². The van der Waals surface area contributed by atoms with Crippen LogP contribution in [-0.2, 0) is 4.74 Å². The van der Waals surface area contributed by atoms with Gasteiger partial charge in [0.1, 0.15) is 5.60 Å². The normalized spacial score (nSPS) is 16.1. The number of anilines is 2. The van der Waals surface area contributed by atoms with Gasteiger partial charge in [0.05, 0.1) is 0 Å². The molecule has 0 spiro atoms. The van der Waals surface area contributed by atoms with Crippen LogP contribution in [0.5, 0.6) is 0 Å². The molecule has 1 heterocycles. The van der Waals surface area contributed by atoms with E-state index in [1.165, 1.54) is 18.5 Å². The molecule has 1 saturated heterocycles. The summed E-state index contributed by atoms with van der Waals surface area (Å²) in [5.74, 6) is 0. The van der Waals surface area contributed by atoms with Crippen molar-refractivity contribution in [3.8, 4) is 0 Å². The third kappa shape index (κ3) is 6.00. The molecule has 1 atom stereocenters. The zero-order chi connectivity index (χ0) is 16.9. The molecule has 2 rings (SSSR count). The highest BCUT2D eigenvalue weighted by Crippen LogP contribution is 2.23.